The first-order chi connectivity index (χ1) is 8.28. The van der Waals surface area contributed by atoms with E-state index in [1.807, 2.05) is 12.1 Å². The molecule has 0 aliphatic carbocycles. The Morgan fingerprint density at radius 1 is 1.59 bits per heavy atom. The molecule has 2 rings (SSSR count). The van der Waals surface area contributed by atoms with Gasteiger partial charge in [-0.15, -0.1) is 0 Å². The second-order valence-electron chi connectivity index (χ2n) is 4.08. The molecule has 0 aromatic carbocycles. The fourth-order valence-corrected chi connectivity index (χ4v) is 1.90. The Bertz CT molecular complexity index is 452. The summed E-state index contributed by atoms with van der Waals surface area (Å²) in [6.45, 7) is 2.74. The van der Waals surface area contributed by atoms with Gasteiger partial charge in [-0.2, -0.15) is 5.26 Å². The minimum atomic E-state index is 0.0667. The van der Waals surface area contributed by atoms with Gasteiger partial charge in [-0.05, 0) is 24.1 Å². The number of hydrogen-bond donors (Lipinski definition) is 1. The molecule has 1 aliphatic rings. The molecule has 0 spiro atoms. The van der Waals surface area contributed by atoms with E-state index >= 15 is 0 Å². The highest BCUT2D eigenvalue weighted by molar-refractivity contribution is 5.78. The monoisotopic (exact) mass is 230 g/mol. The predicted octanol–water partition coefficient (Wildman–Crippen LogP) is 0.275. The van der Waals surface area contributed by atoms with Crippen LogP contribution in [-0.2, 0) is 11.3 Å². The number of amides is 1. The van der Waals surface area contributed by atoms with E-state index in [-0.39, 0.29) is 5.91 Å². The van der Waals surface area contributed by atoms with Gasteiger partial charge in [0.25, 0.3) is 0 Å². The zero-order valence-electron chi connectivity index (χ0n) is 9.52. The molecule has 0 saturated carbocycles. The van der Waals surface area contributed by atoms with Gasteiger partial charge in [-0.25, -0.2) is 4.98 Å². The Hall–Kier alpha value is -1.93. The van der Waals surface area contributed by atoms with Crippen LogP contribution in [0.4, 0.5) is 0 Å². The molecule has 1 N–H and O–H groups in total. The van der Waals surface area contributed by atoms with Crippen molar-refractivity contribution in [1.29, 1.82) is 5.26 Å². The fourth-order valence-electron chi connectivity index (χ4n) is 1.90. The van der Waals surface area contributed by atoms with Crippen LogP contribution in [0.2, 0.25) is 0 Å². The van der Waals surface area contributed by atoms with E-state index in [2.05, 4.69) is 15.2 Å². The van der Waals surface area contributed by atoms with Crippen molar-refractivity contribution in [3.8, 4) is 6.07 Å². The summed E-state index contributed by atoms with van der Waals surface area (Å²) in [6.07, 6.45) is 2.59. The molecule has 1 saturated heterocycles. The minimum absolute atomic E-state index is 0.0667. The maximum Gasteiger partial charge on any atom is 0.234 e. The first-order valence-corrected chi connectivity index (χ1v) is 5.62. The Labute approximate surface area is 100 Å². The summed E-state index contributed by atoms with van der Waals surface area (Å²) in [7, 11) is 0. The van der Waals surface area contributed by atoms with Crippen molar-refractivity contribution in [2.75, 3.05) is 19.6 Å². The van der Waals surface area contributed by atoms with Gasteiger partial charge in [0.15, 0.2) is 0 Å². The standard InChI is InChI=1S/C12H14N4O/c13-7-11-6-10(2-4-14-11)8-16-5-1-3-15-12(17)9-16/h2,4,6H,1,3,5,8-9H2,(H,15,17). The van der Waals surface area contributed by atoms with Crippen LogP contribution in [0, 0.1) is 11.3 Å². The molecule has 1 aromatic rings. The largest absolute Gasteiger partial charge is 0.355 e. The third-order valence-corrected chi connectivity index (χ3v) is 2.69. The van der Waals surface area contributed by atoms with Crippen molar-refractivity contribution in [3.05, 3.63) is 29.6 Å². The van der Waals surface area contributed by atoms with Gasteiger partial charge in [0.05, 0.1) is 6.54 Å². The van der Waals surface area contributed by atoms with Crippen molar-refractivity contribution in [1.82, 2.24) is 15.2 Å². The number of rotatable bonds is 2. The van der Waals surface area contributed by atoms with Crippen LogP contribution in [0.3, 0.4) is 0 Å². The number of nitrogens with zero attached hydrogens (tertiary/aromatic N) is 3. The number of pyridine rings is 1. The topological polar surface area (TPSA) is 69.0 Å². The van der Waals surface area contributed by atoms with E-state index in [0.717, 1.165) is 25.1 Å². The number of nitrogens with one attached hydrogen (secondary N) is 1. The second kappa shape index (κ2) is 5.41. The molecule has 1 fully saturated rings. The van der Waals surface area contributed by atoms with Crippen molar-refractivity contribution < 1.29 is 4.79 Å². The van der Waals surface area contributed by atoms with Crippen LogP contribution in [0.25, 0.3) is 0 Å². The van der Waals surface area contributed by atoms with Gasteiger partial charge in [0.1, 0.15) is 11.8 Å². The van der Waals surface area contributed by atoms with E-state index in [9.17, 15) is 4.79 Å². The molecule has 5 heteroatoms. The summed E-state index contributed by atoms with van der Waals surface area (Å²) in [6, 6.07) is 5.66. The van der Waals surface area contributed by atoms with Crippen LogP contribution in [0.5, 0.6) is 0 Å². The summed E-state index contributed by atoms with van der Waals surface area (Å²) in [5.41, 5.74) is 1.44. The predicted molar refractivity (Wildman–Crippen MR) is 61.9 cm³/mol. The summed E-state index contributed by atoms with van der Waals surface area (Å²) < 4.78 is 0. The number of carbonyl (C=O) groups is 1. The Kier molecular flexibility index (Phi) is 3.68. The van der Waals surface area contributed by atoms with E-state index in [1.54, 1.807) is 12.3 Å². The van der Waals surface area contributed by atoms with Crippen molar-refractivity contribution >= 4 is 5.91 Å². The Morgan fingerprint density at radius 3 is 3.29 bits per heavy atom. The normalized spacial score (nSPS) is 17.0. The number of carbonyl (C=O) groups excluding carboxylic acids is 1. The SMILES string of the molecule is N#Cc1cc(CN2CCCNC(=O)C2)ccn1. The molecule has 0 radical (unpaired) electrons. The van der Waals surface area contributed by atoms with E-state index in [4.69, 9.17) is 5.26 Å². The highest BCUT2D eigenvalue weighted by Gasteiger charge is 2.14. The Morgan fingerprint density at radius 2 is 2.47 bits per heavy atom. The molecular formula is C12H14N4O. The van der Waals surface area contributed by atoms with E-state index in [0.29, 0.717) is 18.8 Å². The second-order valence-corrected chi connectivity index (χ2v) is 4.08. The third kappa shape index (κ3) is 3.26. The zero-order chi connectivity index (χ0) is 12.1. The average molecular weight is 230 g/mol. The Balaban J connectivity index is 2.04. The van der Waals surface area contributed by atoms with Gasteiger partial charge >= 0.3 is 0 Å². The fraction of sp³-hybridized carbons (Fsp3) is 0.417. The van der Waals surface area contributed by atoms with E-state index in [1.165, 1.54) is 0 Å². The summed E-state index contributed by atoms with van der Waals surface area (Å²) in [4.78, 5) is 17.4. The van der Waals surface area contributed by atoms with Crippen LogP contribution in [0.1, 0.15) is 17.7 Å². The van der Waals surface area contributed by atoms with Crippen LogP contribution in [-0.4, -0.2) is 35.4 Å². The molecule has 1 aromatic heterocycles. The van der Waals surface area contributed by atoms with Crippen molar-refractivity contribution in [2.45, 2.75) is 13.0 Å². The van der Waals surface area contributed by atoms with E-state index < -0.39 is 0 Å². The lowest BCUT2D eigenvalue weighted by Gasteiger charge is -2.18. The summed E-state index contributed by atoms with van der Waals surface area (Å²) >= 11 is 0. The molecule has 1 aliphatic heterocycles. The molecule has 1 amide bonds. The van der Waals surface area contributed by atoms with Gasteiger partial charge in [0.2, 0.25) is 5.91 Å². The quantitative estimate of drug-likeness (QED) is 0.792. The van der Waals surface area contributed by atoms with Crippen molar-refractivity contribution in [3.63, 3.8) is 0 Å². The first kappa shape index (κ1) is 11.6. The lowest BCUT2D eigenvalue weighted by atomic mass is 10.2. The maximum atomic E-state index is 11.4. The average Bonchev–Trinajstić information content (AvgIpc) is 2.54. The number of hydrogen-bond acceptors (Lipinski definition) is 4. The van der Waals surface area contributed by atoms with Gasteiger partial charge < -0.3 is 5.32 Å². The molecule has 2 heterocycles. The summed E-state index contributed by atoms with van der Waals surface area (Å²) in [5.74, 6) is 0.0667. The van der Waals surface area contributed by atoms with Gasteiger partial charge in [0, 0.05) is 25.8 Å². The van der Waals surface area contributed by atoms with Gasteiger partial charge in [-0.1, -0.05) is 0 Å². The third-order valence-electron chi connectivity index (χ3n) is 2.69. The zero-order valence-corrected chi connectivity index (χ0v) is 9.52. The maximum absolute atomic E-state index is 11.4. The molecule has 0 unspecified atom stereocenters. The van der Waals surface area contributed by atoms with Gasteiger partial charge in [-0.3, -0.25) is 9.69 Å². The highest BCUT2D eigenvalue weighted by atomic mass is 16.2. The van der Waals surface area contributed by atoms with Crippen molar-refractivity contribution in [2.24, 2.45) is 0 Å². The molecular weight excluding hydrogens is 216 g/mol. The first-order valence-electron chi connectivity index (χ1n) is 5.62. The molecule has 0 bridgehead atoms. The van der Waals surface area contributed by atoms with Crippen LogP contribution < -0.4 is 5.32 Å². The lowest BCUT2D eigenvalue weighted by Crippen LogP contribution is -2.32. The number of aromatic nitrogens is 1. The number of nitriles is 1. The minimum Gasteiger partial charge on any atom is -0.355 e. The van der Waals surface area contributed by atoms with Crippen LogP contribution >= 0.6 is 0 Å². The van der Waals surface area contributed by atoms with Crippen LogP contribution in [0.15, 0.2) is 18.3 Å². The summed E-state index contributed by atoms with van der Waals surface area (Å²) in [5, 5.41) is 11.6. The smallest absolute Gasteiger partial charge is 0.234 e. The molecule has 88 valence electrons. The molecule has 0 atom stereocenters. The molecule has 17 heavy (non-hydrogen) atoms. The molecule has 5 nitrogen and oxygen atoms in total. The lowest BCUT2D eigenvalue weighted by molar-refractivity contribution is -0.121. The highest BCUT2D eigenvalue weighted by Crippen LogP contribution is 2.07.